The van der Waals surface area contributed by atoms with E-state index in [1.165, 1.54) is 4.68 Å². The molecule has 2 aromatic rings. The van der Waals surface area contributed by atoms with E-state index in [1.54, 1.807) is 13.8 Å². The Hall–Kier alpha value is -2.25. The highest BCUT2D eigenvalue weighted by Crippen LogP contribution is 2.34. The molecule has 0 spiro atoms. The van der Waals surface area contributed by atoms with E-state index in [-0.39, 0.29) is 17.2 Å². The molecule has 0 atom stereocenters. The number of nitrogens with zero attached hydrogens (tertiary/aromatic N) is 2. The van der Waals surface area contributed by atoms with Gasteiger partial charge in [-0.2, -0.15) is 18.3 Å². The second-order valence-corrected chi connectivity index (χ2v) is 4.48. The first-order valence-corrected chi connectivity index (χ1v) is 6.20. The standard InChI is InChI=1S/C13H14F4N4/c1-3-21-12(11(18)7(2)20-21)19-10-6-8(13(15,16)17)4-5-9(10)14/h4-6,19H,3,18H2,1-2H3. The lowest BCUT2D eigenvalue weighted by Crippen LogP contribution is -2.08. The van der Waals surface area contributed by atoms with Crippen LogP contribution in [0.15, 0.2) is 18.2 Å². The van der Waals surface area contributed by atoms with E-state index in [2.05, 4.69) is 10.4 Å². The Balaban J connectivity index is 2.44. The summed E-state index contributed by atoms with van der Waals surface area (Å²) in [4.78, 5) is 0. The van der Waals surface area contributed by atoms with Crippen molar-refractivity contribution in [3.8, 4) is 0 Å². The molecule has 4 nitrogen and oxygen atoms in total. The van der Waals surface area contributed by atoms with Crippen LogP contribution in [-0.4, -0.2) is 9.78 Å². The highest BCUT2D eigenvalue weighted by molar-refractivity contribution is 5.71. The normalized spacial score (nSPS) is 11.7. The molecule has 0 aliphatic heterocycles. The summed E-state index contributed by atoms with van der Waals surface area (Å²) in [6, 6.07) is 2.16. The maximum absolute atomic E-state index is 13.7. The SMILES string of the molecule is CCn1nc(C)c(N)c1Nc1cc(C(F)(F)F)ccc1F. The van der Waals surface area contributed by atoms with Gasteiger partial charge in [-0.15, -0.1) is 0 Å². The third-order valence-corrected chi connectivity index (χ3v) is 3.02. The zero-order valence-corrected chi connectivity index (χ0v) is 11.4. The zero-order valence-electron chi connectivity index (χ0n) is 11.4. The molecule has 1 aromatic carbocycles. The Morgan fingerprint density at radius 3 is 2.57 bits per heavy atom. The summed E-state index contributed by atoms with van der Waals surface area (Å²) in [5.41, 5.74) is 5.36. The molecule has 114 valence electrons. The maximum Gasteiger partial charge on any atom is 0.416 e. The van der Waals surface area contributed by atoms with Crippen LogP contribution >= 0.6 is 0 Å². The molecule has 2 rings (SSSR count). The Morgan fingerprint density at radius 2 is 2.00 bits per heavy atom. The second kappa shape index (κ2) is 5.27. The molecule has 1 aromatic heterocycles. The summed E-state index contributed by atoms with van der Waals surface area (Å²) < 4.78 is 53.2. The van der Waals surface area contributed by atoms with Crippen LogP contribution in [0.1, 0.15) is 18.2 Å². The van der Waals surface area contributed by atoms with Crippen molar-refractivity contribution in [3.05, 3.63) is 35.3 Å². The molecular weight excluding hydrogens is 288 g/mol. The van der Waals surface area contributed by atoms with Crippen molar-refractivity contribution in [2.75, 3.05) is 11.1 Å². The van der Waals surface area contributed by atoms with E-state index in [0.29, 0.717) is 24.4 Å². The van der Waals surface area contributed by atoms with E-state index in [0.717, 1.165) is 6.07 Å². The Morgan fingerprint density at radius 1 is 1.33 bits per heavy atom. The predicted octanol–water partition coefficient (Wildman–Crippen LogP) is 3.70. The van der Waals surface area contributed by atoms with Gasteiger partial charge in [0.25, 0.3) is 0 Å². The van der Waals surface area contributed by atoms with Crippen molar-refractivity contribution < 1.29 is 17.6 Å². The zero-order chi connectivity index (χ0) is 15.8. The third-order valence-electron chi connectivity index (χ3n) is 3.02. The van der Waals surface area contributed by atoms with Gasteiger partial charge in [-0.25, -0.2) is 9.07 Å². The molecule has 0 saturated carbocycles. The number of nitrogen functional groups attached to an aromatic ring is 1. The second-order valence-electron chi connectivity index (χ2n) is 4.48. The summed E-state index contributed by atoms with van der Waals surface area (Å²) in [6.45, 7) is 3.90. The summed E-state index contributed by atoms with van der Waals surface area (Å²) in [7, 11) is 0. The molecule has 0 bridgehead atoms. The number of aromatic nitrogens is 2. The Bertz CT molecular complexity index is 661. The fourth-order valence-corrected chi connectivity index (χ4v) is 1.88. The minimum atomic E-state index is -4.55. The number of alkyl halides is 3. The van der Waals surface area contributed by atoms with Crippen molar-refractivity contribution in [1.29, 1.82) is 0 Å². The van der Waals surface area contributed by atoms with Gasteiger partial charge in [-0.05, 0) is 32.0 Å². The number of rotatable bonds is 3. The third kappa shape index (κ3) is 2.93. The van der Waals surface area contributed by atoms with Crippen LogP contribution in [-0.2, 0) is 12.7 Å². The number of nitrogens with two attached hydrogens (primary N) is 1. The average Bonchev–Trinajstić information content (AvgIpc) is 2.67. The summed E-state index contributed by atoms with van der Waals surface area (Å²) in [5, 5.41) is 6.70. The van der Waals surface area contributed by atoms with Gasteiger partial charge in [0, 0.05) is 6.54 Å². The fourth-order valence-electron chi connectivity index (χ4n) is 1.88. The van der Waals surface area contributed by atoms with Gasteiger partial charge in [-0.3, -0.25) is 0 Å². The van der Waals surface area contributed by atoms with Gasteiger partial charge >= 0.3 is 6.18 Å². The molecule has 3 N–H and O–H groups in total. The molecule has 21 heavy (non-hydrogen) atoms. The number of aryl methyl sites for hydroxylation is 2. The largest absolute Gasteiger partial charge is 0.416 e. The lowest BCUT2D eigenvalue weighted by atomic mass is 10.2. The van der Waals surface area contributed by atoms with Gasteiger partial charge in [0.05, 0.1) is 22.6 Å². The average molecular weight is 302 g/mol. The minimum Gasteiger partial charge on any atom is -0.394 e. The molecule has 0 unspecified atom stereocenters. The smallest absolute Gasteiger partial charge is 0.394 e. The van der Waals surface area contributed by atoms with E-state index in [9.17, 15) is 17.6 Å². The maximum atomic E-state index is 13.7. The number of nitrogens with one attached hydrogen (secondary N) is 1. The molecule has 0 saturated heterocycles. The quantitative estimate of drug-likeness (QED) is 0.850. The van der Waals surface area contributed by atoms with Crippen LogP contribution in [0.2, 0.25) is 0 Å². The molecular formula is C13H14F4N4. The van der Waals surface area contributed by atoms with E-state index in [1.807, 2.05) is 0 Å². The molecule has 8 heteroatoms. The number of anilines is 3. The van der Waals surface area contributed by atoms with Crippen LogP contribution in [0.4, 0.5) is 34.8 Å². The van der Waals surface area contributed by atoms with Crippen molar-refractivity contribution in [1.82, 2.24) is 9.78 Å². The fraction of sp³-hybridized carbons (Fsp3) is 0.308. The van der Waals surface area contributed by atoms with Crippen molar-refractivity contribution >= 4 is 17.2 Å². The van der Waals surface area contributed by atoms with Gasteiger partial charge < -0.3 is 11.1 Å². The van der Waals surface area contributed by atoms with Gasteiger partial charge in [0.2, 0.25) is 0 Å². The Kier molecular flexibility index (Phi) is 3.80. The van der Waals surface area contributed by atoms with E-state index < -0.39 is 17.6 Å². The highest BCUT2D eigenvalue weighted by Gasteiger charge is 2.31. The van der Waals surface area contributed by atoms with Crippen LogP contribution < -0.4 is 11.1 Å². The van der Waals surface area contributed by atoms with Gasteiger partial charge in [-0.1, -0.05) is 0 Å². The Labute approximate surface area is 118 Å². The lowest BCUT2D eigenvalue weighted by molar-refractivity contribution is -0.137. The lowest BCUT2D eigenvalue weighted by Gasteiger charge is -2.13. The topological polar surface area (TPSA) is 55.9 Å². The number of hydrogen-bond acceptors (Lipinski definition) is 3. The first-order valence-electron chi connectivity index (χ1n) is 6.20. The molecule has 0 aliphatic carbocycles. The van der Waals surface area contributed by atoms with Crippen molar-refractivity contribution in [3.63, 3.8) is 0 Å². The molecule has 1 heterocycles. The van der Waals surface area contributed by atoms with Gasteiger partial charge in [0.15, 0.2) is 5.82 Å². The van der Waals surface area contributed by atoms with E-state index >= 15 is 0 Å². The van der Waals surface area contributed by atoms with Gasteiger partial charge in [0.1, 0.15) is 5.82 Å². The van der Waals surface area contributed by atoms with Crippen LogP contribution in [0.25, 0.3) is 0 Å². The molecule has 0 fully saturated rings. The molecule has 0 amide bonds. The summed E-state index contributed by atoms with van der Waals surface area (Å²) in [5.74, 6) is -0.530. The van der Waals surface area contributed by atoms with Crippen molar-refractivity contribution in [2.45, 2.75) is 26.6 Å². The molecule has 0 radical (unpaired) electrons. The van der Waals surface area contributed by atoms with Crippen molar-refractivity contribution in [2.24, 2.45) is 0 Å². The van der Waals surface area contributed by atoms with E-state index in [4.69, 9.17) is 5.73 Å². The first-order chi connectivity index (χ1) is 9.74. The monoisotopic (exact) mass is 302 g/mol. The van der Waals surface area contributed by atoms with Crippen LogP contribution in [0.5, 0.6) is 0 Å². The predicted molar refractivity (Wildman–Crippen MR) is 71.7 cm³/mol. The highest BCUT2D eigenvalue weighted by atomic mass is 19.4. The minimum absolute atomic E-state index is 0.272. The number of hydrogen-bond donors (Lipinski definition) is 2. The van der Waals surface area contributed by atoms with Crippen LogP contribution in [0.3, 0.4) is 0 Å². The number of halogens is 4. The number of benzene rings is 1. The first kappa shape index (κ1) is 15.1. The van der Waals surface area contributed by atoms with Crippen LogP contribution in [0, 0.1) is 12.7 Å². The summed E-state index contributed by atoms with van der Waals surface area (Å²) >= 11 is 0. The molecule has 0 aliphatic rings. The summed E-state index contributed by atoms with van der Waals surface area (Å²) in [6.07, 6.45) is -4.55.